The Bertz CT molecular complexity index is 870. The van der Waals surface area contributed by atoms with Crippen LogP contribution >= 0.6 is 0 Å². The summed E-state index contributed by atoms with van der Waals surface area (Å²) in [4.78, 5) is 37.8. The van der Waals surface area contributed by atoms with Crippen molar-refractivity contribution in [2.75, 3.05) is 13.2 Å². The van der Waals surface area contributed by atoms with E-state index >= 15 is 0 Å². The summed E-state index contributed by atoms with van der Waals surface area (Å²) in [5.74, 6) is -0.864. The molecule has 56 heavy (non-hydrogen) atoms. The van der Waals surface area contributed by atoms with Gasteiger partial charge in [0.15, 0.2) is 6.10 Å². The second-order valence-corrected chi connectivity index (χ2v) is 16.7. The van der Waals surface area contributed by atoms with Crippen LogP contribution < -0.4 is 0 Å². The first-order valence-corrected chi connectivity index (χ1v) is 24.7. The number of carbonyl (C=O) groups excluding carboxylic acids is 3. The first-order valence-electron chi connectivity index (χ1n) is 24.7. The summed E-state index contributed by atoms with van der Waals surface area (Å²) in [6, 6.07) is 0. The summed E-state index contributed by atoms with van der Waals surface area (Å²) in [7, 11) is 0. The highest BCUT2D eigenvalue weighted by Gasteiger charge is 2.19. The van der Waals surface area contributed by atoms with Gasteiger partial charge in [0.05, 0.1) is 0 Å². The molecule has 0 aliphatic carbocycles. The van der Waals surface area contributed by atoms with Gasteiger partial charge < -0.3 is 14.2 Å². The molecule has 0 radical (unpaired) electrons. The topological polar surface area (TPSA) is 78.9 Å². The van der Waals surface area contributed by atoms with E-state index < -0.39 is 6.10 Å². The molecule has 0 aromatic carbocycles. The zero-order valence-electron chi connectivity index (χ0n) is 37.7. The largest absolute Gasteiger partial charge is 0.462 e. The Kier molecular flexibility index (Phi) is 44.3. The number of esters is 3. The highest BCUT2D eigenvalue weighted by Crippen LogP contribution is 2.16. The number of unbranched alkanes of at least 4 members (excludes halogenated alkanes) is 32. The minimum atomic E-state index is -0.765. The van der Waals surface area contributed by atoms with E-state index in [0.717, 1.165) is 64.2 Å². The summed E-state index contributed by atoms with van der Waals surface area (Å²) >= 11 is 0. The molecule has 0 rings (SSSR count). The molecule has 0 saturated heterocycles. The summed E-state index contributed by atoms with van der Waals surface area (Å²) in [6.45, 7) is 6.64. The fraction of sp³-hybridized carbons (Fsp3) is 0.900. The van der Waals surface area contributed by atoms with Crippen molar-refractivity contribution in [1.29, 1.82) is 0 Å². The van der Waals surface area contributed by atoms with Crippen LogP contribution in [0.2, 0.25) is 0 Å². The molecule has 1 atom stereocenters. The van der Waals surface area contributed by atoms with Gasteiger partial charge in [-0.2, -0.15) is 0 Å². The highest BCUT2D eigenvalue weighted by molar-refractivity contribution is 5.71. The van der Waals surface area contributed by atoms with Crippen molar-refractivity contribution in [3.8, 4) is 0 Å². The molecule has 0 aromatic rings. The SMILES string of the molecule is CCCCCCC/C=C\CCCCCCCC(=O)OC[C@@H](COC(=O)CCCCCCCCCCCCC)OC(=O)CCCCCCCCCCCCCCC. The third kappa shape index (κ3) is 43.3. The van der Waals surface area contributed by atoms with Crippen LogP contribution in [0.15, 0.2) is 12.2 Å². The Hall–Kier alpha value is -1.85. The molecule has 0 amide bonds. The van der Waals surface area contributed by atoms with Crippen LogP contribution in [0, 0.1) is 0 Å². The van der Waals surface area contributed by atoms with Gasteiger partial charge in [-0.05, 0) is 44.9 Å². The second-order valence-electron chi connectivity index (χ2n) is 16.7. The zero-order valence-corrected chi connectivity index (χ0v) is 37.7. The molecule has 0 heterocycles. The van der Waals surface area contributed by atoms with Crippen LogP contribution in [0.5, 0.6) is 0 Å². The van der Waals surface area contributed by atoms with Crippen molar-refractivity contribution in [1.82, 2.24) is 0 Å². The summed E-state index contributed by atoms with van der Waals surface area (Å²) in [5, 5.41) is 0. The Morgan fingerprint density at radius 3 is 0.893 bits per heavy atom. The molecule has 0 N–H and O–H groups in total. The normalized spacial score (nSPS) is 12.0. The fourth-order valence-corrected chi connectivity index (χ4v) is 7.26. The Morgan fingerprint density at radius 1 is 0.339 bits per heavy atom. The predicted octanol–water partition coefficient (Wildman–Crippen LogP) is 15.8. The molecule has 6 nitrogen and oxygen atoms in total. The molecule has 0 bridgehead atoms. The van der Waals surface area contributed by atoms with Crippen LogP contribution in [0.1, 0.15) is 271 Å². The van der Waals surface area contributed by atoms with Gasteiger partial charge in [0, 0.05) is 19.3 Å². The minimum Gasteiger partial charge on any atom is -0.462 e. The zero-order chi connectivity index (χ0) is 40.8. The number of ether oxygens (including phenoxy) is 3. The van der Waals surface area contributed by atoms with Crippen LogP contribution in [0.4, 0.5) is 0 Å². The first kappa shape index (κ1) is 54.2. The third-order valence-electron chi connectivity index (χ3n) is 11.0. The van der Waals surface area contributed by atoms with E-state index in [0.29, 0.717) is 19.3 Å². The van der Waals surface area contributed by atoms with Gasteiger partial charge in [0.2, 0.25) is 0 Å². The van der Waals surface area contributed by atoms with Crippen LogP contribution in [-0.4, -0.2) is 37.2 Å². The summed E-state index contributed by atoms with van der Waals surface area (Å²) in [5.41, 5.74) is 0. The van der Waals surface area contributed by atoms with E-state index in [1.165, 1.54) is 167 Å². The molecular weight excluding hydrogens is 697 g/mol. The lowest BCUT2D eigenvalue weighted by Gasteiger charge is -2.18. The molecule has 0 spiro atoms. The van der Waals surface area contributed by atoms with E-state index in [9.17, 15) is 14.4 Å². The van der Waals surface area contributed by atoms with Gasteiger partial charge in [0.1, 0.15) is 13.2 Å². The Labute approximate surface area is 348 Å². The molecule has 0 saturated carbocycles. The number of allylic oxidation sites excluding steroid dienone is 2. The number of hydrogen-bond acceptors (Lipinski definition) is 6. The number of carbonyl (C=O) groups is 3. The van der Waals surface area contributed by atoms with Crippen molar-refractivity contribution in [2.24, 2.45) is 0 Å². The molecule has 6 heteroatoms. The van der Waals surface area contributed by atoms with Gasteiger partial charge in [-0.25, -0.2) is 0 Å². The van der Waals surface area contributed by atoms with Gasteiger partial charge in [-0.3, -0.25) is 14.4 Å². The van der Waals surface area contributed by atoms with Crippen molar-refractivity contribution >= 4 is 17.9 Å². The average Bonchev–Trinajstić information content (AvgIpc) is 3.19. The van der Waals surface area contributed by atoms with E-state index in [2.05, 4.69) is 32.9 Å². The van der Waals surface area contributed by atoms with Gasteiger partial charge in [0.25, 0.3) is 0 Å². The van der Waals surface area contributed by atoms with Crippen LogP contribution in [0.25, 0.3) is 0 Å². The first-order chi connectivity index (χ1) is 27.5. The quantitative estimate of drug-likeness (QED) is 0.0264. The Balaban J connectivity index is 4.34. The van der Waals surface area contributed by atoms with Gasteiger partial charge in [-0.15, -0.1) is 0 Å². The van der Waals surface area contributed by atoms with Crippen LogP contribution in [0.3, 0.4) is 0 Å². The summed E-state index contributed by atoms with van der Waals surface area (Å²) < 4.78 is 16.8. The van der Waals surface area contributed by atoms with E-state index in [1.807, 2.05) is 0 Å². The fourth-order valence-electron chi connectivity index (χ4n) is 7.26. The average molecular weight is 791 g/mol. The monoisotopic (exact) mass is 791 g/mol. The van der Waals surface area contributed by atoms with Crippen molar-refractivity contribution in [2.45, 2.75) is 277 Å². The second kappa shape index (κ2) is 45.8. The van der Waals surface area contributed by atoms with Gasteiger partial charge >= 0.3 is 17.9 Å². The van der Waals surface area contributed by atoms with Crippen LogP contribution in [-0.2, 0) is 28.6 Å². The molecule has 0 unspecified atom stereocenters. The lowest BCUT2D eigenvalue weighted by molar-refractivity contribution is -0.167. The van der Waals surface area contributed by atoms with E-state index in [1.54, 1.807) is 0 Å². The van der Waals surface area contributed by atoms with Crippen molar-refractivity contribution in [3.63, 3.8) is 0 Å². The molecule has 0 aliphatic heterocycles. The van der Waals surface area contributed by atoms with E-state index in [4.69, 9.17) is 14.2 Å². The molecule has 0 aliphatic rings. The van der Waals surface area contributed by atoms with Crippen molar-refractivity contribution < 1.29 is 28.6 Å². The molecule has 0 aromatic heterocycles. The number of rotatable bonds is 45. The molecule has 330 valence electrons. The minimum absolute atomic E-state index is 0.0677. The number of hydrogen-bond donors (Lipinski definition) is 0. The maximum atomic E-state index is 12.7. The van der Waals surface area contributed by atoms with E-state index in [-0.39, 0.29) is 31.1 Å². The predicted molar refractivity (Wildman–Crippen MR) is 238 cm³/mol. The maximum Gasteiger partial charge on any atom is 0.306 e. The van der Waals surface area contributed by atoms with Gasteiger partial charge in [-0.1, -0.05) is 219 Å². The lowest BCUT2D eigenvalue weighted by Crippen LogP contribution is -2.30. The maximum absolute atomic E-state index is 12.7. The standard InChI is InChI=1S/C50H94O6/c1-4-7-10-13-16-19-22-24-26-28-31-34-37-40-43-49(52)55-46-47(45-54-48(51)42-39-36-33-30-27-21-18-15-12-9-6-3)56-50(53)44-41-38-35-32-29-25-23-20-17-14-11-8-5-2/h22,24,47H,4-21,23,25-46H2,1-3H3/b24-22-/t47-/m1/s1. The smallest absolute Gasteiger partial charge is 0.306 e. The highest BCUT2D eigenvalue weighted by atomic mass is 16.6. The third-order valence-corrected chi connectivity index (χ3v) is 11.0. The Morgan fingerprint density at radius 2 is 0.589 bits per heavy atom. The lowest BCUT2D eigenvalue weighted by atomic mass is 10.0. The molecule has 0 fully saturated rings. The van der Waals surface area contributed by atoms with Crippen molar-refractivity contribution in [3.05, 3.63) is 12.2 Å². The summed E-state index contributed by atoms with van der Waals surface area (Å²) in [6.07, 6.45) is 49.0. The molecular formula is C50H94O6.